The number of unbranched alkanes of at least 4 members (excludes halogenated alkanes) is 11. The van der Waals surface area contributed by atoms with Gasteiger partial charge in [0, 0.05) is 5.39 Å². The molecule has 33 heavy (non-hydrogen) atoms. The van der Waals surface area contributed by atoms with Crippen molar-refractivity contribution in [1.29, 1.82) is 0 Å². The number of halogens is 1. The number of benzene rings is 3. The standard InChI is InChI=1S/C31H43FO/c1-3-5-7-9-11-12-14-16-25-17-20-29-28-22-19-27(33-23-15-13-10-8-6-4-2)24-26(28)18-21-30(29)31(25)32/h17-22,24H,3-16,23H2,1-2H3. The van der Waals surface area contributed by atoms with Crippen LogP contribution in [0.4, 0.5) is 4.39 Å². The molecule has 0 unspecified atom stereocenters. The maximum Gasteiger partial charge on any atom is 0.134 e. The summed E-state index contributed by atoms with van der Waals surface area (Å²) in [5.41, 5.74) is 0.856. The van der Waals surface area contributed by atoms with E-state index in [-0.39, 0.29) is 5.82 Å². The van der Waals surface area contributed by atoms with Gasteiger partial charge in [-0.3, -0.25) is 0 Å². The van der Waals surface area contributed by atoms with Crippen molar-refractivity contribution in [3.63, 3.8) is 0 Å². The second kappa shape index (κ2) is 14.2. The predicted molar refractivity (Wildman–Crippen MR) is 142 cm³/mol. The zero-order valence-corrected chi connectivity index (χ0v) is 20.9. The first-order chi connectivity index (χ1) is 16.2. The summed E-state index contributed by atoms with van der Waals surface area (Å²) in [4.78, 5) is 0. The van der Waals surface area contributed by atoms with Gasteiger partial charge in [-0.1, -0.05) is 115 Å². The Kier molecular flexibility index (Phi) is 11.0. The average molecular weight is 451 g/mol. The topological polar surface area (TPSA) is 9.23 Å². The fourth-order valence-corrected chi connectivity index (χ4v) is 4.76. The second-order valence-corrected chi connectivity index (χ2v) is 9.57. The molecule has 0 fully saturated rings. The van der Waals surface area contributed by atoms with Crippen molar-refractivity contribution in [2.75, 3.05) is 6.61 Å². The average Bonchev–Trinajstić information content (AvgIpc) is 2.83. The molecule has 0 aliphatic carbocycles. The van der Waals surface area contributed by atoms with Gasteiger partial charge >= 0.3 is 0 Å². The third-order valence-electron chi connectivity index (χ3n) is 6.82. The first-order valence-corrected chi connectivity index (χ1v) is 13.5. The van der Waals surface area contributed by atoms with Crippen LogP contribution in [0.2, 0.25) is 0 Å². The van der Waals surface area contributed by atoms with E-state index in [4.69, 9.17) is 4.74 Å². The molecule has 0 aromatic heterocycles. The largest absolute Gasteiger partial charge is 0.494 e. The van der Waals surface area contributed by atoms with Gasteiger partial charge in [0.1, 0.15) is 11.6 Å². The molecule has 0 spiro atoms. The van der Waals surface area contributed by atoms with Gasteiger partial charge < -0.3 is 4.74 Å². The van der Waals surface area contributed by atoms with E-state index >= 15 is 4.39 Å². The van der Waals surface area contributed by atoms with Gasteiger partial charge in [0.2, 0.25) is 0 Å². The van der Waals surface area contributed by atoms with E-state index < -0.39 is 0 Å². The lowest BCUT2D eigenvalue weighted by atomic mass is 9.97. The highest BCUT2D eigenvalue weighted by Crippen LogP contribution is 2.31. The van der Waals surface area contributed by atoms with Crippen molar-refractivity contribution in [3.05, 3.63) is 53.8 Å². The first kappa shape index (κ1) is 25.5. The summed E-state index contributed by atoms with van der Waals surface area (Å²) in [6.07, 6.45) is 17.2. The molecule has 1 nitrogen and oxygen atoms in total. The van der Waals surface area contributed by atoms with Crippen molar-refractivity contribution in [3.8, 4) is 5.75 Å². The van der Waals surface area contributed by atoms with E-state index in [9.17, 15) is 0 Å². The monoisotopic (exact) mass is 450 g/mol. The Hall–Kier alpha value is -2.09. The van der Waals surface area contributed by atoms with Crippen molar-refractivity contribution in [1.82, 2.24) is 0 Å². The molecule has 180 valence electrons. The SMILES string of the molecule is CCCCCCCCCc1ccc2c(ccc3cc(OCCCCCCCC)ccc32)c1F. The summed E-state index contributed by atoms with van der Waals surface area (Å²) in [7, 11) is 0. The van der Waals surface area contributed by atoms with E-state index in [1.807, 2.05) is 24.3 Å². The molecule has 2 heteroatoms. The van der Waals surface area contributed by atoms with Crippen molar-refractivity contribution >= 4 is 21.5 Å². The van der Waals surface area contributed by atoms with Crippen molar-refractivity contribution in [2.24, 2.45) is 0 Å². The summed E-state index contributed by atoms with van der Waals surface area (Å²) in [6.45, 7) is 5.26. The lowest BCUT2D eigenvalue weighted by molar-refractivity contribution is 0.305. The molecule has 0 aliphatic rings. The number of hydrogen-bond acceptors (Lipinski definition) is 1. The van der Waals surface area contributed by atoms with Crippen LogP contribution in [0.25, 0.3) is 21.5 Å². The summed E-state index contributed by atoms with van der Waals surface area (Å²) in [5, 5.41) is 3.95. The van der Waals surface area contributed by atoms with Gasteiger partial charge in [-0.05, 0) is 53.1 Å². The second-order valence-electron chi connectivity index (χ2n) is 9.57. The lowest BCUT2D eigenvalue weighted by Gasteiger charge is -2.11. The molecule has 3 aromatic rings. The number of aryl methyl sites for hydroxylation is 1. The number of fused-ring (bicyclic) bond motifs is 3. The Bertz CT molecular complexity index is 977. The van der Waals surface area contributed by atoms with Crippen molar-refractivity contribution in [2.45, 2.75) is 104 Å². The van der Waals surface area contributed by atoms with Crippen LogP contribution in [-0.4, -0.2) is 6.61 Å². The molecule has 3 rings (SSSR count). The number of hydrogen-bond donors (Lipinski definition) is 0. The van der Waals surface area contributed by atoms with E-state index in [1.165, 1.54) is 70.6 Å². The van der Waals surface area contributed by atoms with Crippen molar-refractivity contribution < 1.29 is 9.13 Å². The Morgan fingerprint density at radius 1 is 0.606 bits per heavy atom. The molecule has 0 bridgehead atoms. The van der Waals surface area contributed by atoms with Crippen LogP contribution in [0.5, 0.6) is 5.75 Å². The van der Waals surface area contributed by atoms with Gasteiger partial charge in [0.05, 0.1) is 6.61 Å². The molecular formula is C31H43FO. The van der Waals surface area contributed by atoms with Crippen LogP contribution in [0, 0.1) is 5.82 Å². The minimum Gasteiger partial charge on any atom is -0.494 e. The minimum atomic E-state index is -0.0382. The van der Waals surface area contributed by atoms with E-state index in [0.717, 1.165) is 58.7 Å². The van der Waals surface area contributed by atoms with Crippen LogP contribution in [-0.2, 0) is 6.42 Å². The Morgan fingerprint density at radius 3 is 1.94 bits per heavy atom. The fourth-order valence-electron chi connectivity index (χ4n) is 4.76. The summed E-state index contributed by atoms with van der Waals surface area (Å²) in [5.74, 6) is 0.871. The maximum absolute atomic E-state index is 15.2. The molecular weight excluding hydrogens is 407 g/mol. The highest BCUT2D eigenvalue weighted by atomic mass is 19.1. The van der Waals surface area contributed by atoms with Crippen LogP contribution in [0.3, 0.4) is 0 Å². The fraction of sp³-hybridized carbons (Fsp3) is 0.548. The van der Waals surface area contributed by atoms with E-state index in [2.05, 4.69) is 32.0 Å². The summed E-state index contributed by atoms with van der Waals surface area (Å²) in [6, 6.07) is 14.3. The molecule has 0 saturated heterocycles. The maximum atomic E-state index is 15.2. The molecule has 0 atom stereocenters. The Labute approximate surface area is 200 Å². The number of ether oxygens (including phenoxy) is 1. The molecule has 0 amide bonds. The van der Waals surface area contributed by atoms with E-state index in [1.54, 1.807) is 0 Å². The zero-order valence-electron chi connectivity index (χ0n) is 20.9. The van der Waals surface area contributed by atoms with Gasteiger partial charge in [0.25, 0.3) is 0 Å². The van der Waals surface area contributed by atoms with Crippen LogP contribution >= 0.6 is 0 Å². The molecule has 3 aromatic carbocycles. The molecule has 0 saturated carbocycles. The van der Waals surface area contributed by atoms with Crippen LogP contribution in [0.15, 0.2) is 42.5 Å². The van der Waals surface area contributed by atoms with Gasteiger partial charge in [-0.25, -0.2) is 4.39 Å². The van der Waals surface area contributed by atoms with E-state index in [0.29, 0.717) is 0 Å². The Morgan fingerprint density at radius 2 is 1.21 bits per heavy atom. The summed E-state index contributed by atoms with van der Waals surface area (Å²) < 4.78 is 21.2. The van der Waals surface area contributed by atoms with Crippen LogP contribution in [0.1, 0.15) is 103 Å². The molecule has 0 heterocycles. The quantitative estimate of drug-likeness (QED) is 0.156. The highest BCUT2D eigenvalue weighted by molar-refractivity contribution is 6.08. The first-order valence-electron chi connectivity index (χ1n) is 13.5. The van der Waals surface area contributed by atoms with Gasteiger partial charge in [0.15, 0.2) is 0 Å². The minimum absolute atomic E-state index is 0.0382. The van der Waals surface area contributed by atoms with Crippen LogP contribution < -0.4 is 4.74 Å². The highest BCUT2D eigenvalue weighted by Gasteiger charge is 2.10. The molecule has 0 aliphatic heterocycles. The Balaban J connectivity index is 1.57. The number of rotatable bonds is 16. The normalized spacial score (nSPS) is 11.5. The molecule has 0 radical (unpaired) electrons. The predicted octanol–water partition coefficient (Wildman–Crippen LogP) is 10.2. The zero-order chi connectivity index (χ0) is 23.3. The summed E-state index contributed by atoms with van der Waals surface area (Å²) >= 11 is 0. The van der Waals surface area contributed by atoms with Gasteiger partial charge in [-0.15, -0.1) is 0 Å². The lowest BCUT2D eigenvalue weighted by Crippen LogP contribution is -1.97. The van der Waals surface area contributed by atoms with Gasteiger partial charge in [-0.2, -0.15) is 0 Å². The smallest absolute Gasteiger partial charge is 0.134 e. The third-order valence-corrected chi connectivity index (χ3v) is 6.82. The third kappa shape index (κ3) is 7.73. The molecule has 0 N–H and O–H groups in total.